The van der Waals surface area contributed by atoms with E-state index in [1.54, 1.807) is 0 Å². The van der Waals surface area contributed by atoms with Crippen molar-refractivity contribution in [3.05, 3.63) is 0 Å². The van der Waals surface area contributed by atoms with Crippen molar-refractivity contribution in [3.8, 4) is 0 Å². The maximum Gasteiger partial charge on any atom is 0.0674 e. The molecular formula is C14H30N2O. The molecule has 1 N–H and O–H groups in total. The van der Waals surface area contributed by atoms with Gasteiger partial charge in [0, 0.05) is 25.2 Å². The van der Waals surface area contributed by atoms with Gasteiger partial charge < -0.3 is 10.1 Å². The van der Waals surface area contributed by atoms with Crippen molar-refractivity contribution in [3.63, 3.8) is 0 Å². The number of rotatable bonds is 6. The van der Waals surface area contributed by atoms with Gasteiger partial charge in [0.2, 0.25) is 0 Å². The molecular weight excluding hydrogens is 212 g/mol. The van der Waals surface area contributed by atoms with Crippen molar-refractivity contribution in [2.24, 2.45) is 5.92 Å². The van der Waals surface area contributed by atoms with E-state index in [2.05, 4.69) is 44.8 Å². The van der Waals surface area contributed by atoms with Crippen LogP contribution in [0.25, 0.3) is 0 Å². The molecule has 0 radical (unpaired) electrons. The summed E-state index contributed by atoms with van der Waals surface area (Å²) in [5.41, 5.74) is 0. The van der Waals surface area contributed by atoms with Crippen LogP contribution in [0.5, 0.6) is 0 Å². The number of nitrogens with one attached hydrogen (secondary N) is 1. The lowest BCUT2D eigenvalue weighted by Crippen LogP contribution is -2.53. The van der Waals surface area contributed by atoms with E-state index in [-0.39, 0.29) is 0 Å². The summed E-state index contributed by atoms with van der Waals surface area (Å²) in [4.78, 5) is 2.58. The number of likely N-dealkylation sites (N-methyl/N-ethyl adjacent to an activating group) is 1. The van der Waals surface area contributed by atoms with Crippen LogP contribution in [0.15, 0.2) is 0 Å². The molecule has 0 aromatic carbocycles. The van der Waals surface area contributed by atoms with Gasteiger partial charge in [-0.25, -0.2) is 0 Å². The van der Waals surface area contributed by atoms with Gasteiger partial charge in [-0.1, -0.05) is 27.2 Å². The molecule has 3 nitrogen and oxygen atoms in total. The monoisotopic (exact) mass is 242 g/mol. The van der Waals surface area contributed by atoms with Crippen molar-refractivity contribution in [2.75, 3.05) is 26.2 Å². The molecule has 1 rings (SSSR count). The van der Waals surface area contributed by atoms with E-state index in [0.717, 1.165) is 32.2 Å². The fourth-order valence-corrected chi connectivity index (χ4v) is 2.47. The van der Waals surface area contributed by atoms with Crippen molar-refractivity contribution < 1.29 is 4.74 Å². The average molecular weight is 242 g/mol. The summed E-state index contributed by atoms with van der Waals surface area (Å²) in [5.74, 6) is 0.736. The Labute approximate surface area is 107 Å². The first-order valence-corrected chi connectivity index (χ1v) is 7.17. The lowest BCUT2D eigenvalue weighted by molar-refractivity contribution is -0.0537. The molecule has 102 valence electrons. The van der Waals surface area contributed by atoms with Crippen LogP contribution in [0, 0.1) is 5.92 Å². The number of nitrogens with zero attached hydrogens (tertiary/aromatic N) is 1. The molecule has 1 heterocycles. The lowest BCUT2D eigenvalue weighted by atomic mass is 9.97. The van der Waals surface area contributed by atoms with E-state index < -0.39 is 0 Å². The Hall–Kier alpha value is -0.120. The number of morpholine rings is 1. The summed E-state index contributed by atoms with van der Waals surface area (Å²) in [6.07, 6.45) is 1.62. The smallest absolute Gasteiger partial charge is 0.0674 e. The third-order valence-electron chi connectivity index (χ3n) is 3.97. The highest BCUT2D eigenvalue weighted by molar-refractivity contribution is 4.82. The molecule has 3 heteroatoms. The molecule has 1 fully saturated rings. The zero-order chi connectivity index (χ0) is 12.8. The summed E-state index contributed by atoms with van der Waals surface area (Å²) in [7, 11) is 0. The molecule has 0 aromatic heterocycles. The maximum atomic E-state index is 5.69. The van der Waals surface area contributed by atoms with Crippen molar-refractivity contribution in [2.45, 2.75) is 59.2 Å². The zero-order valence-corrected chi connectivity index (χ0v) is 12.2. The second-order valence-corrected chi connectivity index (χ2v) is 5.50. The predicted molar refractivity (Wildman–Crippen MR) is 73.4 cm³/mol. The van der Waals surface area contributed by atoms with Gasteiger partial charge in [-0.15, -0.1) is 0 Å². The van der Waals surface area contributed by atoms with E-state index in [4.69, 9.17) is 4.74 Å². The van der Waals surface area contributed by atoms with Crippen molar-refractivity contribution in [1.82, 2.24) is 10.2 Å². The van der Waals surface area contributed by atoms with Crippen LogP contribution in [0.3, 0.4) is 0 Å². The van der Waals surface area contributed by atoms with Crippen LogP contribution < -0.4 is 5.32 Å². The Morgan fingerprint density at radius 3 is 2.65 bits per heavy atom. The largest absolute Gasteiger partial charge is 0.376 e. The second-order valence-electron chi connectivity index (χ2n) is 5.50. The van der Waals surface area contributed by atoms with E-state index in [1.165, 1.54) is 6.42 Å². The Morgan fingerprint density at radius 2 is 2.06 bits per heavy atom. The third-order valence-corrected chi connectivity index (χ3v) is 3.97. The summed E-state index contributed by atoms with van der Waals surface area (Å²) in [6.45, 7) is 15.4. The molecule has 0 aliphatic carbocycles. The summed E-state index contributed by atoms with van der Waals surface area (Å²) in [6, 6.07) is 1.16. The second kappa shape index (κ2) is 7.34. The molecule has 1 saturated heterocycles. The first-order chi connectivity index (χ1) is 8.08. The molecule has 0 bridgehead atoms. The number of hydrogen-bond acceptors (Lipinski definition) is 3. The van der Waals surface area contributed by atoms with Gasteiger partial charge in [0.25, 0.3) is 0 Å². The number of hydrogen-bond donors (Lipinski definition) is 1. The average Bonchev–Trinajstić information content (AvgIpc) is 2.32. The standard InChI is InChI=1S/C14H30N2O/c1-6-11(3)14(15-7-2)9-16-8-13(5)17-10-12(16)4/h11-15H,6-10H2,1-5H3. The van der Waals surface area contributed by atoms with Gasteiger partial charge in [-0.3, -0.25) is 4.90 Å². The molecule has 0 saturated carbocycles. The van der Waals surface area contributed by atoms with E-state index in [1.807, 2.05) is 0 Å². The minimum Gasteiger partial charge on any atom is -0.376 e. The Balaban J connectivity index is 2.52. The van der Waals surface area contributed by atoms with Crippen molar-refractivity contribution >= 4 is 0 Å². The predicted octanol–water partition coefficient (Wildman–Crippen LogP) is 2.12. The number of ether oxygens (including phenoxy) is 1. The molecule has 1 aliphatic rings. The first kappa shape index (κ1) is 14.9. The van der Waals surface area contributed by atoms with Crippen LogP contribution >= 0.6 is 0 Å². The summed E-state index contributed by atoms with van der Waals surface area (Å²) >= 11 is 0. The third kappa shape index (κ3) is 4.57. The quantitative estimate of drug-likeness (QED) is 0.772. The summed E-state index contributed by atoms with van der Waals surface area (Å²) < 4.78 is 5.69. The molecule has 4 atom stereocenters. The highest BCUT2D eigenvalue weighted by Gasteiger charge is 2.27. The topological polar surface area (TPSA) is 24.5 Å². The van der Waals surface area contributed by atoms with Gasteiger partial charge >= 0.3 is 0 Å². The first-order valence-electron chi connectivity index (χ1n) is 7.17. The lowest BCUT2D eigenvalue weighted by Gasteiger charge is -2.40. The zero-order valence-electron chi connectivity index (χ0n) is 12.2. The Kier molecular flexibility index (Phi) is 6.45. The van der Waals surface area contributed by atoms with Crippen LogP contribution in [0.4, 0.5) is 0 Å². The molecule has 0 spiro atoms. The van der Waals surface area contributed by atoms with Gasteiger partial charge in [-0.05, 0) is 26.3 Å². The Morgan fingerprint density at radius 1 is 1.35 bits per heavy atom. The maximum absolute atomic E-state index is 5.69. The minimum absolute atomic E-state index is 0.380. The highest BCUT2D eigenvalue weighted by atomic mass is 16.5. The molecule has 1 aliphatic heterocycles. The van der Waals surface area contributed by atoms with Crippen LogP contribution in [-0.2, 0) is 4.74 Å². The minimum atomic E-state index is 0.380. The van der Waals surface area contributed by atoms with Gasteiger partial charge in [0.05, 0.1) is 12.7 Å². The van der Waals surface area contributed by atoms with Crippen LogP contribution in [0.1, 0.15) is 41.0 Å². The Bertz CT molecular complexity index is 206. The molecule has 4 unspecified atom stereocenters. The van der Waals surface area contributed by atoms with Gasteiger partial charge in [-0.2, -0.15) is 0 Å². The summed E-state index contributed by atoms with van der Waals surface area (Å²) in [5, 5.41) is 3.63. The van der Waals surface area contributed by atoms with E-state index in [0.29, 0.717) is 18.2 Å². The van der Waals surface area contributed by atoms with Gasteiger partial charge in [0.1, 0.15) is 0 Å². The SMILES string of the molecule is CCNC(CN1CC(C)OCC1C)C(C)CC. The molecule has 0 amide bonds. The van der Waals surface area contributed by atoms with E-state index in [9.17, 15) is 0 Å². The van der Waals surface area contributed by atoms with Gasteiger partial charge in [0.15, 0.2) is 0 Å². The van der Waals surface area contributed by atoms with Crippen LogP contribution in [-0.4, -0.2) is 49.3 Å². The van der Waals surface area contributed by atoms with Crippen LogP contribution in [0.2, 0.25) is 0 Å². The highest BCUT2D eigenvalue weighted by Crippen LogP contribution is 2.15. The van der Waals surface area contributed by atoms with Crippen molar-refractivity contribution in [1.29, 1.82) is 0 Å². The normalized spacial score (nSPS) is 30.2. The fraction of sp³-hybridized carbons (Fsp3) is 1.00. The molecule has 0 aromatic rings. The fourth-order valence-electron chi connectivity index (χ4n) is 2.47. The van der Waals surface area contributed by atoms with E-state index >= 15 is 0 Å². The molecule has 17 heavy (non-hydrogen) atoms.